The molecule has 0 bridgehead atoms. The predicted molar refractivity (Wildman–Crippen MR) is 116 cm³/mol. The van der Waals surface area contributed by atoms with E-state index in [0.717, 1.165) is 12.2 Å². The van der Waals surface area contributed by atoms with Crippen molar-refractivity contribution in [2.75, 3.05) is 39.7 Å². The van der Waals surface area contributed by atoms with Crippen molar-refractivity contribution < 1.29 is 23.9 Å². The lowest BCUT2D eigenvalue weighted by molar-refractivity contribution is -0.873. The number of benzene rings is 1. The molecule has 0 spiro atoms. The minimum atomic E-state index is -0.400. The number of hydrogen-bond acceptors (Lipinski definition) is 7. The molecule has 31 heavy (non-hydrogen) atoms. The van der Waals surface area contributed by atoms with Crippen LogP contribution in [0, 0.1) is 0 Å². The maximum atomic E-state index is 11.7. The van der Waals surface area contributed by atoms with Crippen LogP contribution in [0.25, 0.3) is 0 Å². The second-order valence-corrected chi connectivity index (χ2v) is 8.42. The third-order valence-electron chi connectivity index (χ3n) is 5.32. The number of rotatable bonds is 6. The van der Waals surface area contributed by atoms with Gasteiger partial charge in [-0.3, -0.25) is 0 Å². The van der Waals surface area contributed by atoms with Crippen LogP contribution in [0.2, 0.25) is 0 Å². The Morgan fingerprint density at radius 2 is 2.13 bits per heavy atom. The van der Waals surface area contributed by atoms with Gasteiger partial charge in [-0.05, 0) is 30.4 Å². The number of quaternary nitrogens is 1. The smallest absolute Gasteiger partial charge is 0.337 e. The number of carbonyl (C=O) groups is 1. The van der Waals surface area contributed by atoms with Crippen molar-refractivity contribution in [2.45, 2.75) is 30.8 Å². The van der Waals surface area contributed by atoms with E-state index in [9.17, 15) is 4.79 Å². The SMILES string of the molecule is COC(=O)c1cccc(NC(=S)N[C@H]2CO[C@H]3[C@@H]2OC[C@@H]3n2cc(C[NH+](C)C)nn2)c1. The molecule has 2 saturated heterocycles. The highest BCUT2D eigenvalue weighted by Crippen LogP contribution is 2.34. The Labute approximate surface area is 185 Å². The number of esters is 1. The Balaban J connectivity index is 1.35. The Morgan fingerprint density at radius 3 is 2.90 bits per heavy atom. The van der Waals surface area contributed by atoms with Gasteiger partial charge >= 0.3 is 5.97 Å². The van der Waals surface area contributed by atoms with Crippen LogP contribution in [0.1, 0.15) is 22.1 Å². The number of anilines is 1. The number of fused-ring (bicyclic) bond motifs is 1. The standard InChI is InChI=1S/C20H26N6O4S/c1-25(2)8-14-9-26(24-23-14)16-11-30-17-15(10-29-18(16)17)22-20(31)21-13-6-4-5-12(7-13)19(27)28-3/h4-7,9,15-18H,8,10-11H2,1-3H3,(H2,21,22,31)/p+1/t15-,16-,17+,18+/m0/s1. The van der Waals surface area contributed by atoms with Gasteiger partial charge in [0.2, 0.25) is 0 Å². The largest absolute Gasteiger partial charge is 0.465 e. The molecule has 1 aromatic heterocycles. The van der Waals surface area contributed by atoms with Crippen molar-refractivity contribution in [3.63, 3.8) is 0 Å². The van der Waals surface area contributed by atoms with Gasteiger partial charge in [0.25, 0.3) is 0 Å². The summed E-state index contributed by atoms with van der Waals surface area (Å²) in [7, 11) is 5.50. The van der Waals surface area contributed by atoms with E-state index in [2.05, 4.69) is 35.0 Å². The number of nitrogens with one attached hydrogen (secondary N) is 3. The van der Waals surface area contributed by atoms with Crippen LogP contribution in [-0.4, -0.2) is 78.7 Å². The van der Waals surface area contributed by atoms with Crippen molar-refractivity contribution in [3.05, 3.63) is 41.7 Å². The average molecular weight is 448 g/mol. The number of ether oxygens (including phenoxy) is 3. The van der Waals surface area contributed by atoms with Crippen LogP contribution in [0.4, 0.5) is 5.69 Å². The summed E-state index contributed by atoms with van der Waals surface area (Å²) in [6, 6.07) is 6.86. The first kappa shape index (κ1) is 21.6. The normalized spacial score (nSPS) is 24.8. The van der Waals surface area contributed by atoms with Crippen LogP contribution in [0.15, 0.2) is 30.5 Å². The maximum Gasteiger partial charge on any atom is 0.337 e. The van der Waals surface area contributed by atoms with Gasteiger partial charge in [0, 0.05) is 5.69 Å². The third-order valence-corrected chi connectivity index (χ3v) is 5.54. The first-order chi connectivity index (χ1) is 14.9. The molecule has 2 fully saturated rings. The number of methoxy groups -OCH3 is 1. The van der Waals surface area contributed by atoms with Crippen LogP contribution in [0.3, 0.4) is 0 Å². The molecule has 11 heteroatoms. The molecule has 2 aliphatic rings. The van der Waals surface area contributed by atoms with Gasteiger partial charge in [-0.15, -0.1) is 5.10 Å². The summed E-state index contributed by atoms with van der Waals surface area (Å²) in [6.45, 7) is 1.79. The molecular weight excluding hydrogens is 420 g/mol. The summed E-state index contributed by atoms with van der Waals surface area (Å²) in [6.07, 6.45) is 1.70. The number of thiocarbonyl (C=S) groups is 1. The third kappa shape index (κ3) is 4.85. The molecule has 3 heterocycles. The van der Waals surface area contributed by atoms with E-state index >= 15 is 0 Å². The summed E-state index contributed by atoms with van der Waals surface area (Å²) >= 11 is 5.46. The molecule has 1 aromatic carbocycles. The van der Waals surface area contributed by atoms with Gasteiger partial charge in [0.15, 0.2) is 5.11 Å². The van der Waals surface area contributed by atoms with E-state index in [1.54, 1.807) is 18.2 Å². The highest BCUT2D eigenvalue weighted by molar-refractivity contribution is 7.80. The molecule has 10 nitrogen and oxygen atoms in total. The Kier molecular flexibility index (Phi) is 6.46. The van der Waals surface area contributed by atoms with Crippen molar-refractivity contribution >= 4 is 29.0 Å². The Hall–Kier alpha value is -2.60. The van der Waals surface area contributed by atoms with Crippen molar-refractivity contribution in [1.82, 2.24) is 20.3 Å². The molecule has 0 aliphatic carbocycles. The second-order valence-electron chi connectivity index (χ2n) is 8.01. The summed E-state index contributed by atoms with van der Waals surface area (Å²) in [5.41, 5.74) is 2.08. The van der Waals surface area contributed by atoms with Crippen molar-refractivity contribution in [2.24, 2.45) is 0 Å². The van der Waals surface area contributed by atoms with E-state index in [-0.39, 0.29) is 24.3 Å². The van der Waals surface area contributed by atoms with E-state index in [1.807, 2.05) is 16.9 Å². The highest BCUT2D eigenvalue weighted by Gasteiger charge is 2.49. The molecule has 4 rings (SSSR count). The zero-order valence-corrected chi connectivity index (χ0v) is 18.5. The summed E-state index contributed by atoms with van der Waals surface area (Å²) < 4.78 is 18.7. The summed E-state index contributed by atoms with van der Waals surface area (Å²) in [4.78, 5) is 13.0. The fraction of sp³-hybridized carbons (Fsp3) is 0.500. The minimum absolute atomic E-state index is 0.0199. The van der Waals surface area contributed by atoms with E-state index < -0.39 is 5.97 Å². The molecular formula is C20H27N6O4S+. The quantitative estimate of drug-likeness (QED) is 0.396. The summed E-state index contributed by atoms with van der Waals surface area (Å²) in [5.74, 6) is -0.400. The lowest BCUT2D eigenvalue weighted by atomic mass is 10.1. The molecule has 0 amide bonds. The van der Waals surface area contributed by atoms with Gasteiger partial charge < -0.3 is 29.7 Å². The number of carbonyl (C=O) groups excluding carboxylic acids is 1. The lowest BCUT2D eigenvalue weighted by Crippen LogP contribution is -3.04. The second kappa shape index (κ2) is 9.27. The zero-order chi connectivity index (χ0) is 22.0. The van der Waals surface area contributed by atoms with E-state index in [4.69, 9.17) is 26.4 Å². The molecule has 0 radical (unpaired) electrons. The molecule has 2 aromatic rings. The molecule has 4 atom stereocenters. The predicted octanol–water partition coefficient (Wildman–Crippen LogP) is -0.597. The first-order valence-corrected chi connectivity index (χ1v) is 10.5. The Morgan fingerprint density at radius 1 is 1.32 bits per heavy atom. The van der Waals surface area contributed by atoms with Crippen molar-refractivity contribution in [3.8, 4) is 0 Å². The van der Waals surface area contributed by atoms with E-state index in [0.29, 0.717) is 29.6 Å². The highest BCUT2D eigenvalue weighted by atomic mass is 32.1. The van der Waals surface area contributed by atoms with Gasteiger partial charge in [-0.1, -0.05) is 11.3 Å². The van der Waals surface area contributed by atoms with Crippen LogP contribution < -0.4 is 15.5 Å². The molecule has 3 N–H and O–H groups in total. The van der Waals surface area contributed by atoms with Gasteiger partial charge in [0.1, 0.15) is 30.5 Å². The average Bonchev–Trinajstić information content (AvgIpc) is 3.45. The number of hydrogen-bond donors (Lipinski definition) is 3. The fourth-order valence-corrected chi connectivity index (χ4v) is 4.19. The summed E-state index contributed by atoms with van der Waals surface area (Å²) in [5, 5.41) is 15.3. The topological polar surface area (TPSA) is 104 Å². The molecule has 0 saturated carbocycles. The lowest BCUT2D eigenvalue weighted by Gasteiger charge is -2.20. The first-order valence-electron chi connectivity index (χ1n) is 10.1. The van der Waals surface area contributed by atoms with Gasteiger partial charge in [-0.25, -0.2) is 9.48 Å². The Bertz CT molecular complexity index is 951. The molecule has 166 valence electrons. The zero-order valence-electron chi connectivity index (χ0n) is 17.7. The van der Waals surface area contributed by atoms with Crippen LogP contribution in [-0.2, 0) is 20.8 Å². The van der Waals surface area contributed by atoms with Crippen molar-refractivity contribution in [1.29, 1.82) is 0 Å². The van der Waals surface area contributed by atoms with Gasteiger partial charge in [0.05, 0.1) is 52.2 Å². The number of nitrogens with zero attached hydrogens (tertiary/aromatic N) is 3. The maximum absolute atomic E-state index is 11.7. The fourth-order valence-electron chi connectivity index (χ4n) is 3.93. The number of aromatic nitrogens is 3. The van der Waals surface area contributed by atoms with Crippen LogP contribution >= 0.6 is 12.2 Å². The molecule has 0 unspecified atom stereocenters. The minimum Gasteiger partial charge on any atom is -0.465 e. The monoisotopic (exact) mass is 447 g/mol. The van der Waals surface area contributed by atoms with E-state index in [1.165, 1.54) is 12.0 Å². The van der Waals surface area contributed by atoms with Crippen LogP contribution in [0.5, 0.6) is 0 Å². The van der Waals surface area contributed by atoms with Gasteiger partial charge in [-0.2, -0.15) is 0 Å². The molecule has 2 aliphatic heterocycles.